The predicted octanol–water partition coefficient (Wildman–Crippen LogP) is 6.75. The molecule has 0 atom stereocenters. The van der Waals surface area contributed by atoms with Gasteiger partial charge >= 0.3 is 12.1 Å². The maximum Gasteiger partial charge on any atom is 0.326 e. The van der Waals surface area contributed by atoms with Gasteiger partial charge in [-0.05, 0) is 79.2 Å². The molecule has 4 aromatic carbocycles. The second-order valence-electron chi connectivity index (χ2n) is 8.65. The number of carbonyl (C=O) groups excluding carboxylic acids is 2. The molecule has 0 heterocycles. The minimum Gasteiger partial charge on any atom is -0.497 e. The van der Waals surface area contributed by atoms with E-state index >= 15 is 0 Å². The number of rotatable bonds is 11. The van der Waals surface area contributed by atoms with Gasteiger partial charge in [0.1, 0.15) is 23.0 Å². The highest BCUT2D eigenvalue weighted by molar-refractivity contribution is 6.01. The molecule has 9 heteroatoms. The summed E-state index contributed by atoms with van der Waals surface area (Å²) in [5.74, 6) is 2.64. The Morgan fingerprint density at radius 1 is 0.700 bits per heavy atom. The van der Waals surface area contributed by atoms with Crippen molar-refractivity contribution in [3.63, 3.8) is 0 Å². The summed E-state index contributed by atoms with van der Waals surface area (Å²) < 4.78 is 16.4. The number of amides is 4. The number of carbonyl (C=O) groups is 2. The largest absolute Gasteiger partial charge is 0.497 e. The van der Waals surface area contributed by atoms with Crippen molar-refractivity contribution in [2.45, 2.75) is 6.42 Å². The van der Waals surface area contributed by atoms with Gasteiger partial charge in [-0.3, -0.25) is 4.90 Å². The van der Waals surface area contributed by atoms with E-state index in [1.807, 2.05) is 66.7 Å². The van der Waals surface area contributed by atoms with E-state index in [-0.39, 0.29) is 12.1 Å². The molecule has 0 bridgehead atoms. The van der Waals surface area contributed by atoms with Crippen molar-refractivity contribution in [1.29, 1.82) is 0 Å². The molecule has 0 fully saturated rings. The second-order valence-corrected chi connectivity index (χ2v) is 8.65. The Hall–Kier alpha value is -5.18. The molecule has 4 amide bonds. The number of benzene rings is 4. The van der Waals surface area contributed by atoms with E-state index in [0.29, 0.717) is 53.8 Å². The van der Waals surface area contributed by atoms with Gasteiger partial charge in [-0.25, -0.2) is 9.59 Å². The molecule has 0 saturated heterocycles. The minimum absolute atomic E-state index is 0.305. The highest BCUT2D eigenvalue weighted by atomic mass is 16.5. The average Bonchev–Trinajstić information content (AvgIpc) is 2.99. The third kappa shape index (κ3) is 7.91. The van der Waals surface area contributed by atoms with Crippen molar-refractivity contribution >= 4 is 29.1 Å². The van der Waals surface area contributed by atoms with Crippen LogP contribution in [0.5, 0.6) is 23.0 Å². The van der Waals surface area contributed by atoms with E-state index in [2.05, 4.69) is 16.0 Å². The Bertz CT molecular complexity index is 1380. The van der Waals surface area contributed by atoms with Crippen molar-refractivity contribution in [3.05, 3.63) is 103 Å². The van der Waals surface area contributed by atoms with Gasteiger partial charge in [0.05, 0.1) is 19.9 Å². The van der Waals surface area contributed by atoms with Gasteiger partial charge in [0.15, 0.2) is 0 Å². The van der Waals surface area contributed by atoms with Crippen LogP contribution >= 0.6 is 0 Å². The van der Waals surface area contributed by atoms with E-state index in [0.717, 1.165) is 5.75 Å². The van der Waals surface area contributed by atoms with Crippen LogP contribution < -0.4 is 35.1 Å². The minimum atomic E-state index is -0.360. The van der Waals surface area contributed by atoms with E-state index in [4.69, 9.17) is 14.2 Å². The van der Waals surface area contributed by atoms with Crippen molar-refractivity contribution in [2.75, 3.05) is 42.8 Å². The Labute approximate surface area is 233 Å². The van der Waals surface area contributed by atoms with E-state index < -0.39 is 0 Å². The van der Waals surface area contributed by atoms with Gasteiger partial charge in [-0.15, -0.1) is 0 Å². The molecule has 206 valence electrons. The molecule has 0 aliphatic heterocycles. The SMILES string of the molecule is COc1ccc(NC(=O)N(CCCNC(=O)Nc2ccccc2OC)c2ccc(Oc3ccccc3)cc2)cc1. The monoisotopic (exact) mass is 540 g/mol. The first kappa shape index (κ1) is 27.8. The lowest BCUT2D eigenvalue weighted by molar-refractivity contribution is 0.252. The first-order valence-corrected chi connectivity index (χ1v) is 12.8. The number of urea groups is 2. The summed E-state index contributed by atoms with van der Waals surface area (Å²) in [6.07, 6.45) is 0.512. The van der Waals surface area contributed by atoms with Crippen LogP contribution in [0.3, 0.4) is 0 Å². The number of methoxy groups -OCH3 is 2. The fourth-order valence-corrected chi connectivity index (χ4v) is 3.89. The van der Waals surface area contributed by atoms with Gasteiger partial charge in [0.2, 0.25) is 0 Å². The van der Waals surface area contributed by atoms with Crippen molar-refractivity contribution in [2.24, 2.45) is 0 Å². The lowest BCUT2D eigenvalue weighted by Crippen LogP contribution is -2.38. The van der Waals surface area contributed by atoms with Crippen LogP contribution in [0, 0.1) is 0 Å². The molecule has 3 N–H and O–H groups in total. The number of hydrogen-bond donors (Lipinski definition) is 3. The Kier molecular flexibility index (Phi) is 9.82. The number of hydrogen-bond acceptors (Lipinski definition) is 5. The van der Waals surface area contributed by atoms with E-state index in [1.54, 1.807) is 55.5 Å². The van der Waals surface area contributed by atoms with Crippen LogP contribution in [0.2, 0.25) is 0 Å². The molecule has 40 heavy (non-hydrogen) atoms. The van der Waals surface area contributed by atoms with Crippen molar-refractivity contribution in [3.8, 4) is 23.0 Å². The molecule has 4 rings (SSSR count). The molecule has 0 saturated carbocycles. The van der Waals surface area contributed by atoms with E-state index in [9.17, 15) is 9.59 Å². The summed E-state index contributed by atoms with van der Waals surface area (Å²) in [5, 5.41) is 8.54. The predicted molar refractivity (Wildman–Crippen MR) is 157 cm³/mol. The second kappa shape index (κ2) is 14.1. The summed E-state index contributed by atoms with van der Waals surface area (Å²) in [7, 11) is 3.13. The smallest absolute Gasteiger partial charge is 0.326 e. The van der Waals surface area contributed by atoms with Crippen LogP contribution in [0.15, 0.2) is 103 Å². The molecule has 0 aliphatic rings. The lowest BCUT2D eigenvalue weighted by Gasteiger charge is -2.24. The molecule has 0 spiro atoms. The summed E-state index contributed by atoms with van der Waals surface area (Å²) in [6.45, 7) is 0.707. The number of anilines is 3. The molecule has 0 aliphatic carbocycles. The maximum atomic E-state index is 13.3. The standard InChI is InChI=1S/C31H32N4O5/c1-38-25-17-13-23(14-18-25)33-31(37)35(24-15-19-27(20-16-24)40-26-9-4-3-5-10-26)22-8-21-32-30(36)34-28-11-6-7-12-29(28)39-2/h3-7,9-20H,8,21-22H2,1-2H3,(H,33,37)(H2,32,34,36). The molecule has 0 unspecified atom stereocenters. The van der Waals surface area contributed by atoms with Crippen LogP contribution in [0.25, 0.3) is 0 Å². The Morgan fingerprint density at radius 2 is 1.35 bits per heavy atom. The third-order valence-corrected chi connectivity index (χ3v) is 5.91. The summed E-state index contributed by atoms with van der Waals surface area (Å²) in [6, 6.07) is 30.4. The van der Waals surface area contributed by atoms with Gasteiger partial charge in [0.25, 0.3) is 0 Å². The fourth-order valence-electron chi connectivity index (χ4n) is 3.89. The number of nitrogens with zero attached hydrogens (tertiary/aromatic N) is 1. The Balaban J connectivity index is 1.39. The van der Waals surface area contributed by atoms with Crippen LogP contribution in [-0.2, 0) is 0 Å². The van der Waals surface area contributed by atoms with Crippen molar-refractivity contribution in [1.82, 2.24) is 5.32 Å². The van der Waals surface area contributed by atoms with Crippen LogP contribution in [0.4, 0.5) is 26.7 Å². The third-order valence-electron chi connectivity index (χ3n) is 5.91. The van der Waals surface area contributed by atoms with Crippen LogP contribution in [0.1, 0.15) is 6.42 Å². The first-order chi connectivity index (χ1) is 19.6. The first-order valence-electron chi connectivity index (χ1n) is 12.8. The summed E-state index contributed by atoms with van der Waals surface area (Å²) >= 11 is 0. The fraction of sp³-hybridized carbons (Fsp3) is 0.161. The number of nitrogens with one attached hydrogen (secondary N) is 3. The zero-order chi connectivity index (χ0) is 28.2. The summed E-state index contributed by atoms with van der Waals surface area (Å²) in [4.78, 5) is 27.4. The van der Waals surface area contributed by atoms with Gasteiger partial charge in [-0.1, -0.05) is 30.3 Å². The quantitative estimate of drug-likeness (QED) is 0.183. The highest BCUT2D eigenvalue weighted by Gasteiger charge is 2.17. The molecular formula is C31H32N4O5. The molecular weight excluding hydrogens is 508 g/mol. The molecule has 4 aromatic rings. The van der Waals surface area contributed by atoms with Gasteiger partial charge < -0.3 is 30.2 Å². The number of para-hydroxylation sites is 3. The van der Waals surface area contributed by atoms with E-state index in [1.165, 1.54) is 0 Å². The lowest BCUT2D eigenvalue weighted by atomic mass is 10.2. The highest BCUT2D eigenvalue weighted by Crippen LogP contribution is 2.26. The summed E-state index contributed by atoms with van der Waals surface area (Å²) in [5.41, 5.74) is 1.89. The number of ether oxygens (including phenoxy) is 3. The zero-order valence-electron chi connectivity index (χ0n) is 22.4. The van der Waals surface area contributed by atoms with Crippen molar-refractivity contribution < 1.29 is 23.8 Å². The topological polar surface area (TPSA) is 101 Å². The molecule has 0 aromatic heterocycles. The average molecular weight is 541 g/mol. The normalized spacial score (nSPS) is 10.2. The van der Waals surface area contributed by atoms with Gasteiger partial charge in [0, 0.05) is 24.5 Å². The molecule has 9 nitrogen and oxygen atoms in total. The molecule has 0 radical (unpaired) electrons. The van der Waals surface area contributed by atoms with Crippen LogP contribution in [-0.4, -0.2) is 39.4 Å². The Morgan fingerprint density at radius 3 is 2.05 bits per heavy atom. The van der Waals surface area contributed by atoms with Gasteiger partial charge in [-0.2, -0.15) is 0 Å². The zero-order valence-corrected chi connectivity index (χ0v) is 22.4. The maximum absolute atomic E-state index is 13.3.